The number of hydrogen-bond acceptors (Lipinski definition) is 5. The molecule has 1 fully saturated rings. The molecule has 0 N–H and O–H groups in total. The molecule has 0 radical (unpaired) electrons. The first-order chi connectivity index (χ1) is 12.4. The van der Waals surface area contributed by atoms with Gasteiger partial charge in [0.15, 0.2) is 17.1 Å². The quantitative estimate of drug-likeness (QED) is 0.767. The van der Waals surface area contributed by atoms with Crippen molar-refractivity contribution in [2.45, 2.75) is 38.3 Å². The summed E-state index contributed by atoms with van der Waals surface area (Å²) < 4.78 is 26.5. The molecule has 1 aliphatic heterocycles. The fourth-order valence-electron chi connectivity index (χ4n) is 3.17. The third-order valence-electron chi connectivity index (χ3n) is 4.87. The Balaban J connectivity index is 1.90. The second-order valence-electron chi connectivity index (χ2n) is 6.43. The highest BCUT2D eigenvalue weighted by Gasteiger charge is 2.42. The maximum Gasteiger partial charge on any atom is 0.360 e. The van der Waals surface area contributed by atoms with Crippen LogP contribution in [0.2, 0.25) is 0 Å². The molecule has 1 saturated heterocycles. The fourth-order valence-corrected chi connectivity index (χ4v) is 3.17. The first-order valence-corrected chi connectivity index (χ1v) is 8.54. The fraction of sp³-hybridized carbons (Fsp3) is 0.421. The maximum atomic E-state index is 14.3. The van der Waals surface area contributed by atoms with E-state index < -0.39 is 17.5 Å². The maximum absolute atomic E-state index is 14.3. The molecule has 138 valence electrons. The number of carbonyl (C=O) groups is 2. The van der Waals surface area contributed by atoms with Gasteiger partial charge in [-0.25, -0.2) is 9.78 Å². The highest BCUT2D eigenvalue weighted by molar-refractivity contribution is 5.93. The molecule has 3 rings (SSSR count). The van der Waals surface area contributed by atoms with E-state index in [-0.39, 0.29) is 30.4 Å². The second-order valence-corrected chi connectivity index (χ2v) is 6.43. The summed E-state index contributed by atoms with van der Waals surface area (Å²) in [7, 11) is 0. The van der Waals surface area contributed by atoms with E-state index in [0.29, 0.717) is 13.2 Å². The highest BCUT2D eigenvalue weighted by Crippen LogP contribution is 2.29. The van der Waals surface area contributed by atoms with Crippen LogP contribution in [0.5, 0.6) is 0 Å². The first kappa shape index (κ1) is 18.3. The Hall–Kier alpha value is -2.54. The van der Waals surface area contributed by atoms with E-state index in [1.54, 1.807) is 0 Å². The van der Waals surface area contributed by atoms with Crippen molar-refractivity contribution >= 4 is 11.8 Å². The summed E-state index contributed by atoms with van der Waals surface area (Å²) in [5.74, 6) is -2.07. The van der Waals surface area contributed by atoms with Gasteiger partial charge in [-0.1, -0.05) is 30.3 Å². The van der Waals surface area contributed by atoms with Gasteiger partial charge in [-0.15, -0.1) is 0 Å². The van der Waals surface area contributed by atoms with Gasteiger partial charge in [0, 0.05) is 12.8 Å². The van der Waals surface area contributed by atoms with Gasteiger partial charge in [0.2, 0.25) is 5.95 Å². The number of carbonyl (C=O) groups excluding carboxylic acids is 2. The summed E-state index contributed by atoms with van der Waals surface area (Å²) in [5, 5.41) is 0. The van der Waals surface area contributed by atoms with Crippen LogP contribution in [0.4, 0.5) is 4.39 Å². The van der Waals surface area contributed by atoms with Gasteiger partial charge < -0.3 is 14.0 Å². The topological polar surface area (TPSA) is 70.4 Å². The molecular formula is C19H21FN2O4. The van der Waals surface area contributed by atoms with Crippen molar-refractivity contribution in [2.75, 3.05) is 13.2 Å². The predicted molar refractivity (Wildman–Crippen MR) is 91.3 cm³/mol. The lowest BCUT2D eigenvalue weighted by Crippen LogP contribution is -2.47. The van der Waals surface area contributed by atoms with Crippen molar-refractivity contribution in [3.63, 3.8) is 0 Å². The molecule has 7 heteroatoms. The molecule has 0 unspecified atom stereocenters. The largest absolute Gasteiger partial charge is 0.446 e. The smallest absolute Gasteiger partial charge is 0.360 e. The van der Waals surface area contributed by atoms with Gasteiger partial charge in [-0.2, -0.15) is 4.39 Å². The van der Waals surface area contributed by atoms with Gasteiger partial charge in [0.1, 0.15) is 0 Å². The normalized spacial score (nSPS) is 17.5. The lowest BCUT2D eigenvalue weighted by molar-refractivity contribution is -0.146. The van der Waals surface area contributed by atoms with Crippen LogP contribution in [0.25, 0.3) is 0 Å². The van der Waals surface area contributed by atoms with E-state index >= 15 is 0 Å². The number of ketones is 1. The molecule has 0 spiro atoms. The van der Waals surface area contributed by atoms with Gasteiger partial charge >= 0.3 is 5.97 Å². The van der Waals surface area contributed by atoms with Crippen LogP contribution in [0.1, 0.15) is 48.8 Å². The van der Waals surface area contributed by atoms with Gasteiger partial charge in [-0.05, 0) is 19.4 Å². The summed E-state index contributed by atoms with van der Waals surface area (Å²) in [6, 6.07) is 9.05. The number of nitrogens with zero attached hydrogens (tertiary/aromatic N) is 2. The van der Waals surface area contributed by atoms with Gasteiger partial charge in [0.25, 0.3) is 0 Å². The lowest BCUT2D eigenvalue weighted by atomic mass is 9.90. The molecule has 0 saturated carbocycles. The number of imidazole rings is 1. The molecule has 1 aliphatic rings. The number of halogens is 1. The van der Waals surface area contributed by atoms with Crippen LogP contribution in [-0.4, -0.2) is 40.1 Å². The zero-order chi connectivity index (χ0) is 18.7. The van der Waals surface area contributed by atoms with E-state index in [1.165, 1.54) is 17.8 Å². The zero-order valence-electron chi connectivity index (χ0n) is 14.8. The highest BCUT2D eigenvalue weighted by atomic mass is 19.1. The molecule has 0 aliphatic carbocycles. The monoisotopic (exact) mass is 360 g/mol. The summed E-state index contributed by atoms with van der Waals surface area (Å²) in [6.45, 7) is 3.84. The number of aromatic nitrogens is 2. The standard InChI is InChI=1S/C19H21FN2O4/c1-13(15-6-4-3-5-7-15)22-12-21-17(20)16(22)18(24)26-19(14(2)23)8-10-25-11-9-19/h3-7,12-13H,8-11H2,1-2H3/t13-/m1/s1. The number of benzene rings is 1. The van der Waals surface area contributed by atoms with Crippen molar-refractivity contribution in [1.29, 1.82) is 0 Å². The van der Waals surface area contributed by atoms with Gasteiger partial charge in [0.05, 0.1) is 25.6 Å². The Kier molecular flexibility index (Phi) is 5.18. The number of rotatable bonds is 5. The Bertz CT molecular complexity index is 797. The number of ether oxygens (including phenoxy) is 2. The van der Waals surface area contributed by atoms with E-state index in [1.807, 2.05) is 37.3 Å². The number of hydrogen-bond donors (Lipinski definition) is 0. The third-order valence-corrected chi connectivity index (χ3v) is 4.87. The molecule has 0 bridgehead atoms. The Morgan fingerprint density at radius 2 is 1.92 bits per heavy atom. The number of Topliss-reactive ketones (excluding diaryl/α,β-unsaturated/α-hetero) is 1. The van der Waals surface area contributed by atoms with E-state index in [9.17, 15) is 14.0 Å². The van der Waals surface area contributed by atoms with Crippen LogP contribution in [0, 0.1) is 5.95 Å². The first-order valence-electron chi connectivity index (χ1n) is 8.54. The summed E-state index contributed by atoms with van der Waals surface area (Å²) in [6.07, 6.45) is 1.80. The molecule has 0 amide bonds. The summed E-state index contributed by atoms with van der Waals surface area (Å²) in [5.41, 5.74) is -0.660. The van der Waals surface area contributed by atoms with Crippen molar-refractivity contribution in [2.24, 2.45) is 0 Å². The Morgan fingerprint density at radius 1 is 1.27 bits per heavy atom. The van der Waals surface area contributed by atoms with Gasteiger partial charge in [-0.3, -0.25) is 4.79 Å². The molecule has 6 nitrogen and oxygen atoms in total. The molecule has 26 heavy (non-hydrogen) atoms. The third kappa shape index (κ3) is 3.39. The summed E-state index contributed by atoms with van der Waals surface area (Å²) >= 11 is 0. The van der Waals surface area contributed by atoms with Crippen LogP contribution in [-0.2, 0) is 14.3 Å². The molecule has 1 aromatic carbocycles. The Labute approximate surface area is 150 Å². The van der Waals surface area contributed by atoms with Crippen molar-refractivity contribution in [1.82, 2.24) is 9.55 Å². The van der Waals surface area contributed by atoms with E-state index in [0.717, 1.165) is 5.56 Å². The molecular weight excluding hydrogens is 339 g/mol. The number of esters is 1. The predicted octanol–water partition coefficient (Wildman–Crippen LogP) is 2.93. The van der Waals surface area contributed by atoms with Crippen molar-refractivity contribution in [3.05, 3.63) is 53.9 Å². The zero-order valence-corrected chi connectivity index (χ0v) is 14.8. The van der Waals surface area contributed by atoms with Crippen LogP contribution in [0.3, 0.4) is 0 Å². The average Bonchev–Trinajstić information content (AvgIpc) is 3.04. The average molecular weight is 360 g/mol. The van der Waals surface area contributed by atoms with Crippen molar-refractivity contribution in [3.8, 4) is 0 Å². The second kappa shape index (κ2) is 7.37. The molecule has 2 heterocycles. The summed E-state index contributed by atoms with van der Waals surface area (Å²) in [4.78, 5) is 28.5. The van der Waals surface area contributed by atoms with E-state index in [2.05, 4.69) is 4.98 Å². The Morgan fingerprint density at radius 3 is 2.54 bits per heavy atom. The minimum Gasteiger partial charge on any atom is -0.446 e. The SMILES string of the molecule is CC(=O)C1(OC(=O)c2c(F)ncn2[C@H](C)c2ccccc2)CCOCC1. The van der Waals surface area contributed by atoms with Crippen LogP contribution in [0.15, 0.2) is 36.7 Å². The molecule has 2 aromatic rings. The van der Waals surface area contributed by atoms with Crippen molar-refractivity contribution < 1.29 is 23.5 Å². The van der Waals surface area contributed by atoms with Crippen LogP contribution < -0.4 is 0 Å². The minimum absolute atomic E-state index is 0.262. The molecule has 1 aromatic heterocycles. The molecule has 1 atom stereocenters. The van der Waals surface area contributed by atoms with Crippen LogP contribution >= 0.6 is 0 Å². The minimum atomic E-state index is -1.27. The lowest BCUT2D eigenvalue weighted by Gasteiger charge is -2.34. The van der Waals surface area contributed by atoms with E-state index in [4.69, 9.17) is 9.47 Å².